The summed E-state index contributed by atoms with van der Waals surface area (Å²) in [7, 11) is -2.13. The summed E-state index contributed by atoms with van der Waals surface area (Å²) in [6, 6.07) is 7.35. The maximum absolute atomic E-state index is 12.1. The van der Waals surface area contributed by atoms with Crippen LogP contribution in [0.2, 0.25) is 0 Å². The van der Waals surface area contributed by atoms with Crippen LogP contribution in [0.25, 0.3) is 0 Å². The molecule has 0 aliphatic carbocycles. The number of amides is 1. The Morgan fingerprint density at radius 3 is 2.22 bits per heavy atom. The van der Waals surface area contributed by atoms with Crippen molar-refractivity contribution in [1.29, 1.82) is 0 Å². The largest absolute Gasteiger partial charge is 0.444 e. The summed E-state index contributed by atoms with van der Waals surface area (Å²) < 4.78 is 33.0. The molecule has 1 aromatic rings. The lowest BCUT2D eigenvalue weighted by Gasteiger charge is -2.35. The molecule has 1 aliphatic heterocycles. The van der Waals surface area contributed by atoms with Gasteiger partial charge in [0.15, 0.2) is 0 Å². The first-order valence-corrected chi connectivity index (χ1v) is 10.6. The van der Waals surface area contributed by atoms with E-state index in [2.05, 4.69) is 14.3 Å². The van der Waals surface area contributed by atoms with Gasteiger partial charge >= 0.3 is 6.09 Å². The molecule has 0 bridgehead atoms. The summed E-state index contributed by atoms with van der Waals surface area (Å²) in [6.45, 7) is 9.48. The topological polar surface area (TPSA) is 91.0 Å². The quantitative estimate of drug-likeness (QED) is 0.760. The highest BCUT2D eigenvalue weighted by atomic mass is 32.2. The minimum absolute atomic E-state index is 0.248. The first-order valence-electron chi connectivity index (χ1n) is 9.08. The van der Waals surface area contributed by atoms with E-state index in [1.165, 1.54) is 7.05 Å². The van der Waals surface area contributed by atoms with E-state index in [9.17, 15) is 13.2 Å². The zero-order chi connectivity index (χ0) is 20.1. The van der Waals surface area contributed by atoms with Crippen LogP contribution in [-0.2, 0) is 21.4 Å². The van der Waals surface area contributed by atoms with E-state index in [0.717, 1.165) is 31.6 Å². The SMILES string of the molecule is CNS(=O)(=O)Nc1ccc(CCN2CCN(C(=O)OC(C)(C)C)CC2)cc1. The fourth-order valence-corrected chi connectivity index (χ4v) is 3.26. The van der Waals surface area contributed by atoms with E-state index in [0.29, 0.717) is 18.8 Å². The number of nitrogens with zero attached hydrogens (tertiary/aromatic N) is 2. The van der Waals surface area contributed by atoms with Crippen LogP contribution in [0.5, 0.6) is 0 Å². The predicted octanol–water partition coefficient (Wildman–Crippen LogP) is 1.66. The van der Waals surface area contributed by atoms with Gasteiger partial charge in [-0.25, -0.2) is 9.52 Å². The number of piperazine rings is 1. The van der Waals surface area contributed by atoms with E-state index in [1.54, 1.807) is 17.0 Å². The summed E-state index contributed by atoms with van der Waals surface area (Å²) in [5.74, 6) is 0. The second-order valence-electron chi connectivity index (χ2n) is 7.57. The van der Waals surface area contributed by atoms with Crippen LogP contribution in [0.4, 0.5) is 10.5 Å². The van der Waals surface area contributed by atoms with Gasteiger partial charge in [-0.3, -0.25) is 9.62 Å². The molecule has 1 fully saturated rings. The number of carbonyl (C=O) groups is 1. The van der Waals surface area contributed by atoms with Crippen LogP contribution in [0.15, 0.2) is 24.3 Å². The van der Waals surface area contributed by atoms with Crippen molar-refractivity contribution in [1.82, 2.24) is 14.5 Å². The van der Waals surface area contributed by atoms with Gasteiger partial charge in [0.2, 0.25) is 0 Å². The third-order valence-corrected chi connectivity index (χ3v) is 5.26. The Balaban J connectivity index is 1.76. The van der Waals surface area contributed by atoms with Crippen molar-refractivity contribution in [3.63, 3.8) is 0 Å². The van der Waals surface area contributed by atoms with Gasteiger partial charge in [0, 0.05) is 45.5 Å². The van der Waals surface area contributed by atoms with Crippen LogP contribution in [0.3, 0.4) is 0 Å². The number of carbonyl (C=O) groups excluding carboxylic acids is 1. The number of benzene rings is 1. The molecule has 0 atom stereocenters. The highest BCUT2D eigenvalue weighted by Crippen LogP contribution is 2.14. The van der Waals surface area contributed by atoms with E-state index in [-0.39, 0.29) is 6.09 Å². The molecule has 0 radical (unpaired) electrons. The monoisotopic (exact) mass is 398 g/mol. The van der Waals surface area contributed by atoms with E-state index in [4.69, 9.17) is 4.74 Å². The Morgan fingerprint density at radius 1 is 1.11 bits per heavy atom. The molecule has 0 aromatic heterocycles. The first-order chi connectivity index (χ1) is 12.6. The fourth-order valence-electron chi connectivity index (χ4n) is 2.71. The lowest BCUT2D eigenvalue weighted by atomic mass is 10.1. The van der Waals surface area contributed by atoms with Crippen LogP contribution in [0, 0.1) is 0 Å². The molecule has 0 saturated carbocycles. The number of rotatable bonds is 6. The lowest BCUT2D eigenvalue weighted by molar-refractivity contribution is 0.0146. The van der Waals surface area contributed by atoms with Gasteiger partial charge in [0.05, 0.1) is 0 Å². The zero-order valence-electron chi connectivity index (χ0n) is 16.5. The smallest absolute Gasteiger partial charge is 0.410 e. The molecule has 1 aromatic carbocycles. The number of nitrogens with one attached hydrogen (secondary N) is 2. The molecule has 1 saturated heterocycles. The molecule has 2 N–H and O–H groups in total. The second kappa shape index (κ2) is 8.90. The average molecular weight is 399 g/mol. The van der Waals surface area contributed by atoms with Gasteiger partial charge in [-0.05, 0) is 44.9 Å². The van der Waals surface area contributed by atoms with E-state index < -0.39 is 15.8 Å². The molecule has 0 unspecified atom stereocenters. The molecule has 1 aliphatic rings. The van der Waals surface area contributed by atoms with Gasteiger partial charge in [-0.1, -0.05) is 12.1 Å². The molecule has 9 heteroatoms. The van der Waals surface area contributed by atoms with Crippen molar-refractivity contribution in [3.05, 3.63) is 29.8 Å². The molecule has 8 nitrogen and oxygen atoms in total. The molecular weight excluding hydrogens is 368 g/mol. The summed E-state index contributed by atoms with van der Waals surface area (Å²) in [6.07, 6.45) is 0.618. The van der Waals surface area contributed by atoms with Crippen molar-refractivity contribution >= 4 is 22.0 Å². The normalized spacial score (nSPS) is 16.2. The van der Waals surface area contributed by atoms with Crippen molar-refractivity contribution in [3.8, 4) is 0 Å². The summed E-state index contributed by atoms with van der Waals surface area (Å²) in [5, 5.41) is 0. The molecule has 152 valence electrons. The highest BCUT2D eigenvalue weighted by Gasteiger charge is 2.25. The van der Waals surface area contributed by atoms with Crippen LogP contribution in [-0.4, -0.2) is 69.7 Å². The van der Waals surface area contributed by atoms with Crippen LogP contribution in [0.1, 0.15) is 26.3 Å². The lowest BCUT2D eigenvalue weighted by Crippen LogP contribution is -2.50. The second-order valence-corrected chi connectivity index (χ2v) is 9.18. The Labute approximate surface area is 162 Å². The van der Waals surface area contributed by atoms with Crippen LogP contribution >= 0.6 is 0 Å². The Bertz CT molecular complexity index is 721. The maximum Gasteiger partial charge on any atom is 0.410 e. The van der Waals surface area contributed by atoms with Crippen molar-refractivity contribution in [2.45, 2.75) is 32.8 Å². The Morgan fingerprint density at radius 2 is 1.70 bits per heavy atom. The third kappa shape index (κ3) is 7.36. The minimum atomic E-state index is -3.49. The zero-order valence-corrected chi connectivity index (χ0v) is 17.3. The Kier molecular flexibility index (Phi) is 7.07. The predicted molar refractivity (Wildman–Crippen MR) is 106 cm³/mol. The first kappa shape index (κ1) is 21.5. The number of anilines is 1. The molecule has 1 heterocycles. The van der Waals surface area contributed by atoms with E-state index in [1.807, 2.05) is 32.9 Å². The fraction of sp³-hybridized carbons (Fsp3) is 0.611. The van der Waals surface area contributed by atoms with Crippen molar-refractivity contribution < 1.29 is 17.9 Å². The van der Waals surface area contributed by atoms with Gasteiger partial charge < -0.3 is 9.64 Å². The third-order valence-electron chi connectivity index (χ3n) is 4.22. The van der Waals surface area contributed by atoms with Gasteiger partial charge in [-0.2, -0.15) is 8.42 Å². The summed E-state index contributed by atoms with van der Waals surface area (Å²) in [5.41, 5.74) is 1.19. The Hall–Kier alpha value is -1.84. The molecule has 0 spiro atoms. The molecule has 1 amide bonds. The number of ether oxygens (including phenoxy) is 1. The van der Waals surface area contributed by atoms with Crippen LogP contribution < -0.4 is 9.44 Å². The molecule has 27 heavy (non-hydrogen) atoms. The maximum atomic E-state index is 12.1. The molecular formula is C18H30N4O4S. The van der Waals surface area contributed by atoms with E-state index >= 15 is 0 Å². The molecule has 2 rings (SSSR count). The summed E-state index contributed by atoms with van der Waals surface area (Å²) >= 11 is 0. The van der Waals surface area contributed by atoms with Gasteiger partial charge in [0.1, 0.15) is 5.60 Å². The average Bonchev–Trinajstić information content (AvgIpc) is 2.60. The van der Waals surface area contributed by atoms with Gasteiger partial charge in [-0.15, -0.1) is 0 Å². The minimum Gasteiger partial charge on any atom is -0.444 e. The summed E-state index contributed by atoms with van der Waals surface area (Å²) in [4.78, 5) is 16.2. The number of hydrogen-bond acceptors (Lipinski definition) is 5. The standard InChI is InChI=1S/C18H30N4O4S/c1-18(2,3)26-17(23)22-13-11-21(12-14-22)10-9-15-5-7-16(8-6-15)20-27(24,25)19-4/h5-8,19-20H,9-14H2,1-4H3. The highest BCUT2D eigenvalue weighted by molar-refractivity contribution is 7.90. The number of hydrogen-bond donors (Lipinski definition) is 2. The van der Waals surface area contributed by atoms with Crippen molar-refractivity contribution in [2.24, 2.45) is 0 Å². The van der Waals surface area contributed by atoms with Gasteiger partial charge in [0.25, 0.3) is 10.2 Å². The van der Waals surface area contributed by atoms with Crippen molar-refractivity contribution in [2.75, 3.05) is 44.5 Å².